The van der Waals surface area contributed by atoms with E-state index in [0.717, 1.165) is 29.0 Å². The van der Waals surface area contributed by atoms with Crippen molar-refractivity contribution in [1.82, 2.24) is 10.3 Å². The molecule has 5 heteroatoms. The molecule has 0 saturated carbocycles. The molecule has 1 atom stereocenters. The van der Waals surface area contributed by atoms with Crippen molar-refractivity contribution in [2.24, 2.45) is 0 Å². The summed E-state index contributed by atoms with van der Waals surface area (Å²) in [5.74, 6) is 0.938. The molecule has 0 spiro atoms. The van der Waals surface area contributed by atoms with E-state index >= 15 is 0 Å². The van der Waals surface area contributed by atoms with Crippen molar-refractivity contribution < 1.29 is 13.9 Å². The number of benzene rings is 1. The van der Waals surface area contributed by atoms with Gasteiger partial charge in [0.2, 0.25) is 0 Å². The number of fused-ring (bicyclic) bond motifs is 1. The predicted molar refractivity (Wildman–Crippen MR) is 93.6 cm³/mol. The third-order valence-corrected chi connectivity index (χ3v) is 4.22. The molecular weight excluding hydrogens is 316 g/mol. The fraction of sp³-hybridized carbons (Fsp3) is 0.200. The lowest BCUT2D eigenvalue weighted by atomic mass is 10.0. The summed E-state index contributed by atoms with van der Waals surface area (Å²) in [6, 6.07) is 13.4. The minimum Gasteiger partial charge on any atom is -0.487 e. The summed E-state index contributed by atoms with van der Waals surface area (Å²) in [4.78, 5) is 16.4. The summed E-state index contributed by atoms with van der Waals surface area (Å²) >= 11 is 0. The first-order chi connectivity index (χ1) is 12.2. The molecule has 5 nitrogen and oxygen atoms in total. The Balaban J connectivity index is 1.51. The van der Waals surface area contributed by atoms with Gasteiger partial charge < -0.3 is 14.5 Å². The van der Waals surface area contributed by atoms with Crippen LogP contribution in [0.25, 0.3) is 11.3 Å². The third-order valence-electron chi connectivity index (χ3n) is 4.22. The van der Waals surface area contributed by atoms with Crippen molar-refractivity contribution >= 4 is 5.91 Å². The maximum atomic E-state index is 12.0. The maximum absolute atomic E-state index is 12.0. The quantitative estimate of drug-likeness (QED) is 0.794. The zero-order valence-corrected chi connectivity index (χ0v) is 13.9. The standard InChI is InChI=1S/C20H18N2O3/c1-13-9-14-11-15(12-22-20(23)18-6-4-8-24-18)25-19(14)16(10-13)17-5-2-3-7-21-17/h2-10,15H,11-12H2,1H3,(H,22,23)/t15-/m0/s1. The second-order valence-corrected chi connectivity index (χ2v) is 6.15. The number of rotatable bonds is 4. The maximum Gasteiger partial charge on any atom is 0.287 e. The van der Waals surface area contributed by atoms with Gasteiger partial charge in [0.25, 0.3) is 5.91 Å². The van der Waals surface area contributed by atoms with Gasteiger partial charge in [0, 0.05) is 18.2 Å². The molecule has 1 aliphatic rings. The highest BCUT2D eigenvalue weighted by Gasteiger charge is 2.27. The number of hydrogen-bond acceptors (Lipinski definition) is 4. The summed E-state index contributed by atoms with van der Waals surface area (Å²) in [7, 11) is 0. The molecule has 3 aromatic rings. The second-order valence-electron chi connectivity index (χ2n) is 6.15. The highest BCUT2D eigenvalue weighted by Crippen LogP contribution is 2.39. The smallest absolute Gasteiger partial charge is 0.287 e. The fourth-order valence-electron chi connectivity index (χ4n) is 3.12. The largest absolute Gasteiger partial charge is 0.487 e. The van der Waals surface area contributed by atoms with Gasteiger partial charge in [0.15, 0.2) is 5.76 Å². The van der Waals surface area contributed by atoms with Crippen molar-refractivity contribution in [3.05, 3.63) is 71.8 Å². The molecule has 1 aliphatic heterocycles. The van der Waals surface area contributed by atoms with Gasteiger partial charge in [-0.25, -0.2) is 0 Å². The zero-order chi connectivity index (χ0) is 17.2. The molecule has 0 fully saturated rings. The molecule has 0 saturated heterocycles. The molecule has 4 rings (SSSR count). The number of nitrogens with one attached hydrogen (secondary N) is 1. The summed E-state index contributed by atoms with van der Waals surface area (Å²) in [5, 5.41) is 2.86. The summed E-state index contributed by atoms with van der Waals surface area (Å²) < 4.78 is 11.2. The number of pyridine rings is 1. The molecular formula is C20H18N2O3. The van der Waals surface area contributed by atoms with Gasteiger partial charge in [-0.3, -0.25) is 9.78 Å². The van der Waals surface area contributed by atoms with E-state index < -0.39 is 0 Å². The Kier molecular flexibility index (Phi) is 3.98. The number of ether oxygens (including phenoxy) is 1. The van der Waals surface area contributed by atoms with E-state index in [-0.39, 0.29) is 12.0 Å². The molecule has 0 unspecified atom stereocenters. The molecule has 0 aliphatic carbocycles. The van der Waals surface area contributed by atoms with Crippen LogP contribution < -0.4 is 10.1 Å². The van der Waals surface area contributed by atoms with E-state index in [1.807, 2.05) is 18.2 Å². The Morgan fingerprint density at radius 2 is 2.20 bits per heavy atom. The SMILES string of the molecule is Cc1cc2c(c(-c3ccccn3)c1)O[C@H](CNC(=O)c1ccco1)C2. The monoisotopic (exact) mass is 334 g/mol. The Morgan fingerprint density at radius 3 is 2.96 bits per heavy atom. The van der Waals surface area contributed by atoms with Crippen LogP contribution in [0.15, 0.2) is 59.3 Å². The highest BCUT2D eigenvalue weighted by atomic mass is 16.5. The predicted octanol–water partition coefficient (Wildman–Crippen LogP) is 3.38. The van der Waals surface area contributed by atoms with Crippen LogP contribution in [-0.4, -0.2) is 23.5 Å². The lowest BCUT2D eigenvalue weighted by molar-refractivity contribution is 0.0906. The van der Waals surface area contributed by atoms with Gasteiger partial charge in [-0.1, -0.05) is 12.1 Å². The van der Waals surface area contributed by atoms with Gasteiger partial charge in [-0.2, -0.15) is 0 Å². The molecule has 0 bridgehead atoms. The Hall–Kier alpha value is -3.08. The van der Waals surface area contributed by atoms with E-state index in [1.54, 1.807) is 18.3 Å². The van der Waals surface area contributed by atoms with Crippen LogP contribution in [0.4, 0.5) is 0 Å². The second kappa shape index (κ2) is 6.43. The van der Waals surface area contributed by atoms with Crippen LogP contribution in [0.3, 0.4) is 0 Å². The van der Waals surface area contributed by atoms with Crippen molar-refractivity contribution in [3.8, 4) is 17.0 Å². The van der Waals surface area contributed by atoms with Crippen LogP contribution >= 0.6 is 0 Å². The third kappa shape index (κ3) is 3.13. The number of carbonyl (C=O) groups excluding carboxylic acids is 1. The van der Waals surface area contributed by atoms with Crippen molar-refractivity contribution in [2.45, 2.75) is 19.4 Å². The highest BCUT2D eigenvalue weighted by molar-refractivity contribution is 5.91. The molecule has 2 aromatic heterocycles. The van der Waals surface area contributed by atoms with E-state index in [9.17, 15) is 4.79 Å². The number of amides is 1. The Morgan fingerprint density at radius 1 is 1.28 bits per heavy atom. The number of aromatic nitrogens is 1. The summed E-state index contributed by atoms with van der Waals surface area (Å²) in [6.07, 6.45) is 3.92. The number of carbonyl (C=O) groups is 1. The number of furan rings is 1. The van der Waals surface area contributed by atoms with Crippen molar-refractivity contribution in [2.75, 3.05) is 6.54 Å². The fourth-order valence-corrected chi connectivity index (χ4v) is 3.12. The van der Waals surface area contributed by atoms with Crippen LogP contribution in [0.1, 0.15) is 21.7 Å². The van der Waals surface area contributed by atoms with Gasteiger partial charge in [-0.05, 0) is 48.4 Å². The lowest BCUT2D eigenvalue weighted by Gasteiger charge is -2.13. The minimum atomic E-state index is -0.231. The normalized spacial score (nSPS) is 15.5. The van der Waals surface area contributed by atoms with Gasteiger partial charge >= 0.3 is 0 Å². The van der Waals surface area contributed by atoms with E-state index in [4.69, 9.17) is 9.15 Å². The Labute approximate surface area is 145 Å². The Bertz CT molecular complexity index is 889. The number of hydrogen-bond donors (Lipinski definition) is 1. The first-order valence-corrected chi connectivity index (χ1v) is 8.24. The van der Waals surface area contributed by atoms with Gasteiger partial charge in [-0.15, -0.1) is 0 Å². The topological polar surface area (TPSA) is 64.4 Å². The summed E-state index contributed by atoms with van der Waals surface area (Å²) in [5.41, 5.74) is 4.21. The lowest BCUT2D eigenvalue weighted by Crippen LogP contribution is -2.34. The molecule has 25 heavy (non-hydrogen) atoms. The average Bonchev–Trinajstić information content (AvgIpc) is 3.29. The first kappa shape index (κ1) is 15.4. The van der Waals surface area contributed by atoms with Gasteiger partial charge in [0.1, 0.15) is 11.9 Å². The first-order valence-electron chi connectivity index (χ1n) is 8.24. The van der Waals surface area contributed by atoms with E-state index in [0.29, 0.717) is 12.3 Å². The summed E-state index contributed by atoms with van der Waals surface area (Å²) in [6.45, 7) is 2.49. The number of nitrogens with zero attached hydrogens (tertiary/aromatic N) is 1. The zero-order valence-electron chi connectivity index (χ0n) is 13.9. The molecule has 1 aromatic carbocycles. The van der Waals surface area contributed by atoms with E-state index in [2.05, 4.69) is 29.4 Å². The van der Waals surface area contributed by atoms with Gasteiger partial charge in [0.05, 0.1) is 18.5 Å². The molecule has 0 radical (unpaired) electrons. The van der Waals surface area contributed by atoms with E-state index in [1.165, 1.54) is 11.8 Å². The molecule has 3 heterocycles. The molecule has 1 amide bonds. The van der Waals surface area contributed by atoms with Crippen molar-refractivity contribution in [3.63, 3.8) is 0 Å². The van der Waals surface area contributed by atoms with Crippen LogP contribution in [0, 0.1) is 6.92 Å². The average molecular weight is 334 g/mol. The van der Waals surface area contributed by atoms with Crippen molar-refractivity contribution in [1.29, 1.82) is 0 Å². The molecule has 126 valence electrons. The number of aryl methyl sites for hydroxylation is 1. The minimum absolute atomic E-state index is 0.0989. The molecule has 1 N–H and O–H groups in total. The van der Waals surface area contributed by atoms with Crippen LogP contribution in [0.5, 0.6) is 5.75 Å². The van der Waals surface area contributed by atoms with Crippen LogP contribution in [-0.2, 0) is 6.42 Å². The van der Waals surface area contributed by atoms with Crippen LogP contribution in [0.2, 0.25) is 0 Å².